The number of carbonyl (C=O) groups excluding carboxylic acids is 2. The van der Waals surface area contributed by atoms with Crippen molar-refractivity contribution in [2.75, 3.05) is 0 Å². The zero-order valence-corrected chi connectivity index (χ0v) is 16.4. The van der Waals surface area contributed by atoms with Crippen LogP contribution in [0.5, 0.6) is 23.0 Å². The van der Waals surface area contributed by atoms with Crippen molar-refractivity contribution >= 4 is 11.9 Å². The average Bonchev–Trinajstić information content (AvgIpc) is 3.00. The predicted molar refractivity (Wildman–Crippen MR) is 109 cm³/mol. The van der Waals surface area contributed by atoms with E-state index in [1.165, 1.54) is 18.2 Å². The summed E-state index contributed by atoms with van der Waals surface area (Å²) in [7, 11) is 0. The SMILES string of the molecule is CC(N)NC(=O)c1c(O)ccc2c1Oc1cc(O)ccc1C21OC(=O)c2ccccc21. The maximum atomic E-state index is 12.9. The molecule has 0 saturated heterocycles. The number of amides is 1. The molecule has 31 heavy (non-hydrogen) atoms. The Morgan fingerprint density at radius 1 is 1.06 bits per heavy atom. The van der Waals surface area contributed by atoms with E-state index in [1.54, 1.807) is 43.3 Å². The number of nitrogens with two attached hydrogens (primary N) is 1. The van der Waals surface area contributed by atoms with Gasteiger partial charge < -0.3 is 30.7 Å². The molecule has 3 aromatic rings. The smallest absolute Gasteiger partial charge is 0.340 e. The fourth-order valence-electron chi connectivity index (χ4n) is 4.21. The number of hydrogen-bond acceptors (Lipinski definition) is 7. The lowest BCUT2D eigenvalue weighted by molar-refractivity contribution is 0.0224. The zero-order chi connectivity index (χ0) is 21.9. The first kappa shape index (κ1) is 19.0. The second-order valence-corrected chi connectivity index (χ2v) is 7.50. The van der Waals surface area contributed by atoms with Crippen molar-refractivity contribution in [1.82, 2.24) is 5.32 Å². The number of benzene rings is 3. The van der Waals surface area contributed by atoms with Gasteiger partial charge in [-0.05, 0) is 37.3 Å². The van der Waals surface area contributed by atoms with Crippen LogP contribution >= 0.6 is 0 Å². The number of rotatable bonds is 2. The number of fused-ring (bicyclic) bond motifs is 6. The van der Waals surface area contributed by atoms with Crippen LogP contribution in [0.2, 0.25) is 0 Å². The van der Waals surface area contributed by atoms with Gasteiger partial charge in [0.25, 0.3) is 5.91 Å². The molecular formula is C23H18N2O6. The molecule has 2 atom stereocenters. The molecular weight excluding hydrogens is 400 g/mol. The van der Waals surface area contributed by atoms with Crippen LogP contribution in [0.4, 0.5) is 0 Å². The van der Waals surface area contributed by atoms with Gasteiger partial charge in [0.05, 0.1) is 11.7 Å². The van der Waals surface area contributed by atoms with Crippen molar-refractivity contribution in [3.05, 3.63) is 82.4 Å². The molecule has 0 fully saturated rings. The van der Waals surface area contributed by atoms with Gasteiger partial charge in [0.15, 0.2) is 11.4 Å². The molecule has 1 spiro atoms. The van der Waals surface area contributed by atoms with E-state index in [0.717, 1.165) is 0 Å². The summed E-state index contributed by atoms with van der Waals surface area (Å²) in [6.45, 7) is 1.58. The number of ether oxygens (including phenoxy) is 2. The van der Waals surface area contributed by atoms with Crippen LogP contribution in [0.15, 0.2) is 54.6 Å². The molecule has 5 N–H and O–H groups in total. The molecule has 3 aromatic carbocycles. The molecule has 8 heteroatoms. The van der Waals surface area contributed by atoms with Crippen molar-refractivity contribution in [1.29, 1.82) is 0 Å². The van der Waals surface area contributed by atoms with E-state index in [0.29, 0.717) is 22.3 Å². The minimum atomic E-state index is -1.42. The molecule has 2 aliphatic rings. The number of phenolic OH excluding ortho intramolecular Hbond substituents is 2. The Balaban J connectivity index is 1.86. The van der Waals surface area contributed by atoms with Crippen LogP contribution in [0, 0.1) is 0 Å². The Labute approximate surface area is 176 Å². The van der Waals surface area contributed by atoms with Crippen molar-refractivity contribution in [2.24, 2.45) is 5.73 Å². The molecule has 0 aliphatic carbocycles. The summed E-state index contributed by atoms with van der Waals surface area (Å²) in [6, 6.07) is 14.3. The first-order valence-corrected chi connectivity index (χ1v) is 9.60. The Hall–Kier alpha value is -4.04. The van der Waals surface area contributed by atoms with Gasteiger partial charge in [-0.3, -0.25) is 4.79 Å². The van der Waals surface area contributed by atoms with Crippen LogP contribution in [-0.4, -0.2) is 28.3 Å². The Morgan fingerprint density at radius 3 is 2.58 bits per heavy atom. The molecule has 156 valence electrons. The molecule has 5 rings (SSSR count). The Bertz CT molecular complexity index is 1270. The van der Waals surface area contributed by atoms with Crippen molar-refractivity contribution < 1.29 is 29.3 Å². The van der Waals surface area contributed by atoms with Gasteiger partial charge in [-0.1, -0.05) is 18.2 Å². The molecule has 0 bridgehead atoms. The van der Waals surface area contributed by atoms with Gasteiger partial charge in [0, 0.05) is 22.8 Å². The first-order valence-electron chi connectivity index (χ1n) is 9.60. The van der Waals surface area contributed by atoms with E-state index >= 15 is 0 Å². The quantitative estimate of drug-likeness (QED) is 0.372. The lowest BCUT2D eigenvalue weighted by atomic mass is 9.77. The molecule has 1 amide bonds. The molecule has 0 radical (unpaired) electrons. The number of carbonyl (C=O) groups is 2. The molecule has 8 nitrogen and oxygen atoms in total. The van der Waals surface area contributed by atoms with Gasteiger partial charge in [0.1, 0.15) is 22.8 Å². The van der Waals surface area contributed by atoms with Crippen molar-refractivity contribution in [3.63, 3.8) is 0 Å². The van der Waals surface area contributed by atoms with E-state index in [4.69, 9.17) is 15.2 Å². The highest BCUT2D eigenvalue weighted by Crippen LogP contribution is 2.58. The highest BCUT2D eigenvalue weighted by molar-refractivity contribution is 6.02. The Kier molecular flexibility index (Phi) is 3.96. The lowest BCUT2D eigenvalue weighted by Gasteiger charge is -2.37. The van der Waals surface area contributed by atoms with Gasteiger partial charge in [0.2, 0.25) is 0 Å². The minimum Gasteiger partial charge on any atom is -0.508 e. The summed E-state index contributed by atoms with van der Waals surface area (Å²) < 4.78 is 12.0. The largest absolute Gasteiger partial charge is 0.508 e. The van der Waals surface area contributed by atoms with Gasteiger partial charge in [-0.15, -0.1) is 0 Å². The lowest BCUT2D eigenvalue weighted by Crippen LogP contribution is -2.40. The normalized spacial score (nSPS) is 19.0. The second kappa shape index (κ2) is 6.48. The van der Waals surface area contributed by atoms with Crippen molar-refractivity contribution in [3.8, 4) is 23.0 Å². The molecule has 2 unspecified atom stereocenters. The van der Waals surface area contributed by atoms with Crippen LogP contribution in [0.3, 0.4) is 0 Å². The van der Waals surface area contributed by atoms with Crippen LogP contribution in [0.1, 0.15) is 44.3 Å². The summed E-state index contributed by atoms with van der Waals surface area (Å²) >= 11 is 0. The molecule has 0 aromatic heterocycles. The number of aromatic hydroxyl groups is 2. The third-order valence-electron chi connectivity index (χ3n) is 5.43. The number of phenols is 2. The average molecular weight is 418 g/mol. The summed E-state index contributed by atoms with van der Waals surface area (Å²) in [4.78, 5) is 25.7. The fourth-order valence-corrected chi connectivity index (χ4v) is 4.21. The topological polar surface area (TPSA) is 131 Å². The summed E-state index contributed by atoms with van der Waals surface area (Å²) in [5.41, 5.74) is 5.94. The van der Waals surface area contributed by atoms with E-state index in [-0.39, 0.29) is 28.6 Å². The summed E-state index contributed by atoms with van der Waals surface area (Å²) in [5, 5.41) is 23.1. The van der Waals surface area contributed by atoms with Crippen LogP contribution < -0.4 is 15.8 Å². The fraction of sp³-hybridized carbons (Fsp3) is 0.130. The van der Waals surface area contributed by atoms with E-state index in [2.05, 4.69) is 5.32 Å². The van der Waals surface area contributed by atoms with E-state index < -0.39 is 23.6 Å². The van der Waals surface area contributed by atoms with E-state index in [9.17, 15) is 19.8 Å². The first-order chi connectivity index (χ1) is 14.8. The summed E-state index contributed by atoms with van der Waals surface area (Å²) in [6.07, 6.45) is -0.679. The maximum absolute atomic E-state index is 12.9. The van der Waals surface area contributed by atoms with E-state index in [1.807, 2.05) is 0 Å². The molecule has 2 aliphatic heterocycles. The monoisotopic (exact) mass is 418 g/mol. The highest BCUT2D eigenvalue weighted by Gasteiger charge is 2.54. The third-order valence-corrected chi connectivity index (χ3v) is 5.43. The summed E-state index contributed by atoms with van der Waals surface area (Å²) in [5.74, 6) is -1.37. The second-order valence-electron chi connectivity index (χ2n) is 7.50. The third kappa shape index (κ3) is 2.58. The Morgan fingerprint density at radius 2 is 1.81 bits per heavy atom. The molecule has 2 heterocycles. The minimum absolute atomic E-state index is 0.0146. The van der Waals surface area contributed by atoms with Gasteiger partial charge in [-0.2, -0.15) is 0 Å². The van der Waals surface area contributed by atoms with Gasteiger partial charge in [-0.25, -0.2) is 4.79 Å². The highest BCUT2D eigenvalue weighted by atomic mass is 16.6. The van der Waals surface area contributed by atoms with Gasteiger partial charge >= 0.3 is 5.97 Å². The maximum Gasteiger partial charge on any atom is 0.340 e. The standard InChI is InChI=1S/C23H18N2O6/c1-11(24)25-21(28)19-17(27)9-8-16-20(19)30-18-10-12(26)6-7-15(18)23(16)14-5-3-2-4-13(14)22(29)31-23/h2-11,26-27H,24H2,1H3,(H,25,28). The number of esters is 1. The van der Waals surface area contributed by atoms with Crippen molar-refractivity contribution in [2.45, 2.75) is 18.7 Å². The molecule has 0 saturated carbocycles. The number of hydrogen-bond donors (Lipinski definition) is 4. The van der Waals surface area contributed by atoms with Crippen LogP contribution in [0.25, 0.3) is 0 Å². The number of nitrogens with one attached hydrogen (secondary N) is 1. The van der Waals surface area contributed by atoms with Crippen LogP contribution in [-0.2, 0) is 10.3 Å². The predicted octanol–water partition coefficient (Wildman–Crippen LogP) is 2.70. The zero-order valence-electron chi connectivity index (χ0n) is 16.4.